The zero-order valence-corrected chi connectivity index (χ0v) is 26.3. The van der Waals surface area contributed by atoms with E-state index in [1.54, 1.807) is 0 Å². The Hall–Kier alpha value is -6.38. The molecule has 2 nitrogen and oxygen atoms in total. The second kappa shape index (κ2) is 11.8. The van der Waals surface area contributed by atoms with Gasteiger partial charge in [0, 0.05) is 27.7 Å². The maximum Gasteiger partial charge on any atom is 0.136 e. The molecule has 0 atom stereocenters. The van der Waals surface area contributed by atoms with Gasteiger partial charge in [-0.25, -0.2) is 0 Å². The van der Waals surface area contributed by atoms with Crippen LogP contribution in [0, 0.1) is 0 Å². The molecule has 0 radical (unpaired) electrons. The molecule has 9 rings (SSSR count). The molecule has 1 heterocycles. The van der Waals surface area contributed by atoms with Crippen molar-refractivity contribution in [1.29, 1.82) is 0 Å². The SMILES string of the molecule is c1ccc(-c2ccc3c(c2)Oc2ccc(N(c4ccccc4)c4ccc(-c5ccccc5-c5ccccc5)cc4)c4cccc-3c24)cc1. The first-order chi connectivity index (χ1) is 23.8. The highest BCUT2D eigenvalue weighted by Crippen LogP contribution is 2.51. The Balaban J connectivity index is 1.16. The number of benzene rings is 8. The summed E-state index contributed by atoms with van der Waals surface area (Å²) in [6.07, 6.45) is 0. The third-order valence-corrected chi connectivity index (χ3v) is 9.28. The molecule has 0 bridgehead atoms. The van der Waals surface area contributed by atoms with Gasteiger partial charge in [0.25, 0.3) is 0 Å². The molecule has 1 aliphatic rings. The summed E-state index contributed by atoms with van der Waals surface area (Å²) in [5, 5.41) is 2.27. The minimum atomic E-state index is 0.878. The summed E-state index contributed by atoms with van der Waals surface area (Å²) in [5.41, 5.74) is 12.8. The Kier molecular flexibility index (Phi) is 6.84. The van der Waals surface area contributed by atoms with Gasteiger partial charge in [0.2, 0.25) is 0 Å². The third-order valence-electron chi connectivity index (χ3n) is 9.28. The van der Waals surface area contributed by atoms with Crippen LogP contribution in [0.15, 0.2) is 188 Å². The maximum absolute atomic E-state index is 6.65. The van der Waals surface area contributed by atoms with E-state index in [1.807, 2.05) is 6.07 Å². The van der Waals surface area contributed by atoms with Crippen LogP contribution in [-0.4, -0.2) is 0 Å². The van der Waals surface area contributed by atoms with Crippen molar-refractivity contribution in [1.82, 2.24) is 0 Å². The molecule has 0 saturated heterocycles. The Morgan fingerprint density at radius 1 is 0.333 bits per heavy atom. The highest BCUT2D eigenvalue weighted by molar-refractivity contribution is 6.11. The van der Waals surface area contributed by atoms with E-state index in [-0.39, 0.29) is 0 Å². The van der Waals surface area contributed by atoms with Crippen LogP contribution in [0.1, 0.15) is 0 Å². The summed E-state index contributed by atoms with van der Waals surface area (Å²) >= 11 is 0. The largest absolute Gasteiger partial charge is 0.456 e. The summed E-state index contributed by atoms with van der Waals surface area (Å²) in [5.74, 6) is 1.76. The summed E-state index contributed by atoms with van der Waals surface area (Å²) in [6.45, 7) is 0. The van der Waals surface area contributed by atoms with Gasteiger partial charge in [-0.2, -0.15) is 0 Å². The zero-order valence-electron chi connectivity index (χ0n) is 26.3. The summed E-state index contributed by atoms with van der Waals surface area (Å²) in [7, 11) is 0. The van der Waals surface area contributed by atoms with Crippen molar-refractivity contribution < 1.29 is 4.74 Å². The number of ether oxygens (including phenoxy) is 1. The molecule has 8 aromatic carbocycles. The molecule has 0 aromatic heterocycles. The quantitative estimate of drug-likeness (QED) is 0.185. The Morgan fingerprint density at radius 3 is 1.60 bits per heavy atom. The van der Waals surface area contributed by atoms with Gasteiger partial charge in [0.05, 0.1) is 5.69 Å². The lowest BCUT2D eigenvalue weighted by atomic mass is 9.92. The van der Waals surface area contributed by atoms with Gasteiger partial charge in [-0.3, -0.25) is 0 Å². The van der Waals surface area contributed by atoms with Gasteiger partial charge in [0.1, 0.15) is 11.5 Å². The van der Waals surface area contributed by atoms with Crippen LogP contribution >= 0.6 is 0 Å². The molecule has 0 N–H and O–H groups in total. The van der Waals surface area contributed by atoms with E-state index in [0.29, 0.717) is 0 Å². The fraction of sp³-hybridized carbons (Fsp3) is 0. The number of hydrogen-bond donors (Lipinski definition) is 0. The summed E-state index contributed by atoms with van der Waals surface area (Å²) < 4.78 is 6.65. The van der Waals surface area contributed by atoms with Crippen LogP contribution < -0.4 is 9.64 Å². The average molecular weight is 614 g/mol. The minimum absolute atomic E-state index is 0.878. The molecule has 1 aliphatic heterocycles. The maximum atomic E-state index is 6.65. The van der Waals surface area contributed by atoms with E-state index >= 15 is 0 Å². The molecule has 8 aromatic rings. The van der Waals surface area contributed by atoms with Crippen molar-refractivity contribution in [3.8, 4) is 56.0 Å². The van der Waals surface area contributed by atoms with E-state index in [0.717, 1.165) is 50.5 Å². The fourth-order valence-electron chi connectivity index (χ4n) is 7.02. The zero-order chi connectivity index (χ0) is 31.9. The first-order valence-corrected chi connectivity index (χ1v) is 16.4. The topological polar surface area (TPSA) is 12.5 Å². The summed E-state index contributed by atoms with van der Waals surface area (Å²) in [4.78, 5) is 2.35. The van der Waals surface area contributed by atoms with Crippen LogP contribution in [0.5, 0.6) is 11.5 Å². The third kappa shape index (κ3) is 4.83. The van der Waals surface area contributed by atoms with Crippen molar-refractivity contribution in [2.24, 2.45) is 0 Å². The van der Waals surface area contributed by atoms with Crippen molar-refractivity contribution in [2.75, 3.05) is 4.90 Å². The Labute approximate surface area is 280 Å². The van der Waals surface area contributed by atoms with Crippen molar-refractivity contribution in [2.45, 2.75) is 0 Å². The predicted molar refractivity (Wildman–Crippen MR) is 200 cm³/mol. The fourth-order valence-corrected chi connectivity index (χ4v) is 7.02. The molecular formula is C46H31NO. The van der Waals surface area contributed by atoms with E-state index in [2.05, 4.69) is 187 Å². The number of para-hydroxylation sites is 1. The molecule has 0 spiro atoms. The highest BCUT2D eigenvalue weighted by atomic mass is 16.5. The van der Waals surface area contributed by atoms with Crippen LogP contribution in [0.3, 0.4) is 0 Å². The molecule has 2 heteroatoms. The first kappa shape index (κ1) is 27.9. The molecule has 0 amide bonds. The standard InChI is InChI=1S/C46H31NO/c1-4-13-32(14-5-1)35-25-28-40-41-21-12-22-42-43(29-30-44(46(41)42)48-45(40)31-35)47(36-17-8-3-9-18-36)37-26-23-34(24-27-37)39-20-11-10-19-38(39)33-15-6-2-7-16-33/h1-31H. The van der Waals surface area contributed by atoms with E-state index in [4.69, 9.17) is 4.74 Å². The van der Waals surface area contributed by atoms with E-state index < -0.39 is 0 Å². The minimum Gasteiger partial charge on any atom is -0.456 e. The molecule has 0 fully saturated rings. The van der Waals surface area contributed by atoms with E-state index in [9.17, 15) is 0 Å². The van der Waals surface area contributed by atoms with Crippen LogP contribution in [-0.2, 0) is 0 Å². The highest BCUT2D eigenvalue weighted by Gasteiger charge is 2.24. The van der Waals surface area contributed by atoms with E-state index in [1.165, 1.54) is 33.4 Å². The molecule has 0 saturated carbocycles. The second-order valence-electron chi connectivity index (χ2n) is 12.1. The number of fused-ring (bicyclic) bond motifs is 2. The Bertz CT molecular complexity index is 2400. The van der Waals surface area contributed by atoms with Crippen LogP contribution in [0.2, 0.25) is 0 Å². The lowest BCUT2D eigenvalue weighted by Gasteiger charge is -2.29. The lowest BCUT2D eigenvalue weighted by Crippen LogP contribution is -2.11. The summed E-state index contributed by atoms with van der Waals surface area (Å²) in [6, 6.07) is 66.7. The van der Waals surface area contributed by atoms with Crippen LogP contribution in [0.25, 0.3) is 55.3 Å². The second-order valence-corrected chi connectivity index (χ2v) is 12.1. The van der Waals surface area contributed by atoms with Gasteiger partial charge in [-0.05, 0) is 87.5 Å². The van der Waals surface area contributed by atoms with Gasteiger partial charge in [-0.15, -0.1) is 0 Å². The normalized spacial score (nSPS) is 11.5. The van der Waals surface area contributed by atoms with Crippen molar-refractivity contribution in [3.05, 3.63) is 188 Å². The average Bonchev–Trinajstić information content (AvgIpc) is 3.17. The Morgan fingerprint density at radius 2 is 0.896 bits per heavy atom. The molecule has 0 aliphatic carbocycles. The monoisotopic (exact) mass is 613 g/mol. The molecule has 226 valence electrons. The van der Waals surface area contributed by atoms with Gasteiger partial charge >= 0.3 is 0 Å². The van der Waals surface area contributed by atoms with Gasteiger partial charge in [0.15, 0.2) is 0 Å². The number of rotatable bonds is 6. The van der Waals surface area contributed by atoms with Crippen molar-refractivity contribution in [3.63, 3.8) is 0 Å². The number of nitrogens with zero attached hydrogens (tertiary/aromatic N) is 1. The molecular weight excluding hydrogens is 583 g/mol. The lowest BCUT2D eigenvalue weighted by molar-refractivity contribution is 0.487. The van der Waals surface area contributed by atoms with Gasteiger partial charge < -0.3 is 9.64 Å². The smallest absolute Gasteiger partial charge is 0.136 e. The first-order valence-electron chi connectivity index (χ1n) is 16.4. The van der Waals surface area contributed by atoms with Gasteiger partial charge in [-0.1, -0.05) is 140 Å². The van der Waals surface area contributed by atoms with Crippen molar-refractivity contribution >= 4 is 27.8 Å². The van der Waals surface area contributed by atoms with Crippen LogP contribution in [0.4, 0.5) is 17.1 Å². The molecule has 48 heavy (non-hydrogen) atoms. The number of hydrogen-bond acceptors (Lipinski definition) is 2. The molecule has 0 unspecified atom stereocenters. The predicted octanol–water partition coefficient (Wildman–Crippen LogP) is 13.1. The number of anilines is 3.